The summed E-state index contributed by atoms with van der Waals surface area (Å²) in [5.41, 5.74) is -0.864. The van der Waals surface area contributed by atoms with Gasteiger partial charge in [-0.3, -0.25) is 4.79 Å². The van der Waals surface area contributed by atoms with Crippen molar-refractivity contribution in [2.75, 3.05) is 25.5 Å². The molecule has 9 heteroatoms. The summed E-state index contributed by atoms with van der Waals surface area (Å²) in [6.45, 7) is 0.154. The lowest BCUT2D eigenvalue weighted by molar-refractivity contribution is -0.136. The Balaban J connectivity index is 1.79. The van der Waals surface area contributed by atoms with Crippen LogP contribution < -0.4 is 20.7 Å². The van der Waals surface area contributed by atoms with Crippen LogP contribution in [-0.4, -0.2) is 32.1 Å². The van der Waals surface area contributed by atoms with Gasteiger partial charge >= 0.3 is 12.2 Å². The molecule has 0 radical (unpaired) electrons. The van der Waals surface area contributed by atoms with E-state index < -0.39 is 17.8 Å². The highest BCUT2D eigenvalue weighted by atomic mass is 19.4. The van der Waals surface area contributed by atoms with E-state index in [1.807, 2.05) is 0 Å². The molecule has 0 saturated heterocycles. The lowest BCUT2D eigenvalue weighted by Crippen LogP contribution is -2.37. The van der Waals surface area contributed by atoms with Gasteiger partial charge in [0.15, 0.2) is 0 Å². The quantitative estimate of drug-likeness (QED) is 0.672. The van der Waals surface area contributed by atoms with Crippen LogP contribution in [0.15, 0.2) is 48.5 Å². The number of halogens is 3. The van der Waals surface area contributed by atoms with Crippen LogP contribution in [0.2, 0.25) is 0 Å². The van der Waals surface area contributed by atoms with Crippen molar-refractivity contribution < 1.29 is 27.5 Å². The van der Waals surface area contributed by atoms with E-state index in [-0.39, 0.29) is 24.7 Å². The van der Waals surface area contributed by atoms with Gasteiger partial charge in [0.25, 0.3) is 5.91 Å². The molecule has 0 unspecified atom stereocenters. The molecule has 3 amide bonds. The Bertz CT molecular complexity index is 792. The number of methoxy groups -OCH3 is 1. The number of carbonyl (C=O) groups excluding carboxylic acids is 2. The maximum absolute atomic E-state index is 12.9. The molecule has 2 rings (SSSR count). The molecule has 144 valence electrons. The van der Waals surface area contributed by atoms with Crippen LogP contribution in [-0.2, 0) is 6.18 Å². The molecule has 0 atom stereocenters. The molecular formula is C18H18F3N3O3. The zero-order valence-corrected chi connectivity index (χ0v) is 14.4. The van der Waals surface area contributed by atoms with Crippen LogP contribution in [0.5, 0.6) is 5.75 Å². The number of hydrogen-bond acceptors (Lipinski definition) is 3. The molecule has 2 aromatic carbocycles. The van der Waals surface area contributed by atoms with Gasteiger partial charge in [0, 0.05) is 18.7 Å². The van der Waals surface area contributed by atoms with Gasteiger partial charge < -0.3 is 20.7 Å². The Morgan fingerprint density at radius 3 is 2.22 bits per heavy atom. The fourth-order valence-corrected chi connectivity index (χ4v) is 2.20. The minimum Gasteiger partial charge on any atom is -0.497 e. The predicted octanol–water partition coefficient (Wildman–Crippen LogP) is 3.27. The lowest BCUT2D eigenvalue weighted by atomic mass is 10.1. The number of rotatable bonds is 6. The van der Waals surface area contributed by atoms with Crippen LogP contribution in [0.3, 0.4) is 0 Å². The van der Waals surface area contributed by atoms with Crippen LogP contribution >= 0.6 is 0 Å². The molecule has 2 aromatic rings. The smallest absolute Gasteiger partial charge is 0.418 e. The molecule has 0 fully saturated rings. The zero-order chi connectivity index (χ0) is 19.9. The van der Waals surface area contributed by atoms with Crippen molar-refractivity contribution >= 4 is 17.6 Å². The van der Waals surface area contributed by atoms with Crippen LogP contribution in [0.25, 0.3) is 0 Å². The number of alkyl halides is 3. The van der Waals surface area contributed by atoms with E-state index in [1.54, 1.807) is 24.3 Å². The summed E-state index contributed by atoms with van der Waals surface area (Å²) in [4.78, 5) is 23.7. The van der Waals surface area contributed by atoms with Crippen molar-refractivity contribution in [2.45, 2.75) is 6.18 Å². The third kappa shape index (κ3) is 5.91. The molecule has 0 heterocycles. The van der Waals surface area contributed by atoms with E-state index in [0.717, 1.165) is 12.1 Å². The minimum absolute atomic E-state index is 0.0436. The fourth-order valence-electron chi connectivity index (χ4n) is 2.20. The third-order valence-corrected chi connectivity index (χ3v) is 3.53. The van der Waals surface area contributed by atoms with Crippen molar-refractivity contribution in [1.29, 1.82) is 0 Å². The second-order valence-corrected chi connectivity index (χ2v) is 5.41. The molecular weight excluding hydrogens is 363 g/mol. The normalized spacial score (nSPS) is 10.8. The first-order valence-electron chi connectivity index (χ1n) is 7.94. The first-order valence-corrected chi connectivity index (χ1v) is 7.94. The summed E-state index contributed by atoms with van der Waals surface area (Å²) >= 11 is 0. The summed E-state index contributed by atoms with van der Waals surface area (Å²) in [5.74, 6) is 0.270. The van der Waals surface area contributed by atoms with Gasteiger partial charge in [-0.2, -0.15) is 13.2 Å². The van der Waals surface area contributed by atoms with Crippen molar-refractivity contribution in [3.63, 3.8) is 0 Å². The van der Waals surface area contributed by atoms with E-state index in [1.165, 1.54) is 19.2 Å². The van der Waals surface area contributed by atoms with Gasteiger partial charge in [-0.15, -0.1) is 0 Å². The number of benzene rings is 2. The summed E-state index contributed by atoms with van der Waals surface area (Å²) in [5, 5.41) is 7.12. The Hall–Kier alpha value is -3.23. The van der Waals surface area contributed by atoms with Crippen LogP contribution in [0.4, 0.5) is 23.7 Å². The van der Waals surface area contributed by atoms with E-state index in [2.05, 4.69) is 16.0 Å². The Kier molecular flexibility index (Phi) is 6.64. The van der Waals surface area contributed by atoms with Gasteiger partial charge in [-0.25, -0.2) is 4.79 Å². The maximum Gasteiger partial charge on any atom is 0.418 e. The van der Waals surface area contributed by atoms with E-state index in [0.29, 0.717) is 11.3 Å². The number of hydrogen-bond donors (Lipinski definition) is 3. The van der Waals surface area contributed by atoms with Crippen LogP contribution in [0.1, 0.15) is 15.9 Å². The number of anilines is 1. The third-order valence-electron chi connectivity index (χ3n) is 3.53. The predicted molar refractivity (Wildman–Crippen MR) is 93.8 cm³/mol. The number of ether oxygens (including phenoxy) is 1. The molecule has 0 spiro atoms. The molecule has 0 saturated carbocycles. The van der Waals surface area contributed by atoms with E-state index in [4.69, 9.17) is 4.74 Å². The summed E-state index contributed by atoms with van der Waals surface area (Å²) in [6.07, 6.45) is -4.57. The van der Waals surface area contributed by atoms with Crippen molar-refractivity contribution in [1.82, 2.24) is 10.6 Å². The highest BCUT2D eigenvalue weighted by Crippen LogP contribution is 2.34. The SMILES string of the molecule is COc1ccc(C(=O)NCCNC(=O)Nc2ccccc2C(F)(F)F)cc1. The number of carbonyl (C=O) groups is 2. The molecule has 0 bridgehead atoms. The molecule has 0 aliphatic rings. The maximum atomic E-state index is 12.9. The lowest BCUT2D eigenvalue weighted by Gasteiger charge is -2.14. The molecule has 27 heavy (non-hydrogen) atoms. The Morgan fingerprint density at radius 2 is 1.59 bits per heavy atom. The number of amides is 3. The minimum atomic E-state index is -4.57. The Morgan fingerprint density at radius 1 is 0.963 bits per heavy atom. The highest BCUT2D eigenvalue weighted by molar-refractivity contribution is 5.94. The zero-order valence-electron chi connectivity index (χ0n) is 14.4. The van der Waals surface area contributed by atoms with E-state index in [9.17, 15) is 22.8 Å². The van der Waals surface area contributed by atoms with Gasteiger partial charge in [-0.1, -0.05) is 12.1 Å². The van der Waals surface area contributed by atoms with Crippen molar-refractivity contribution in [2.24, 2.45) is 0 Å². The first-order chi connectivity index (χ1) is 12.8. The summed E-state index contributed by atoms with van der Waals surface area (Å²) in [7, 11) is 1.51. The average Bonchev–Trinajstić information content (AvgIpc) is 2.64. The number of nitrogens with one attached hydrogen (secondary N) is 3. The monoisotopic (exact) mass is 381 g/mol. The largest absolute Gasteiger partial charge is 0.497 e. The second kappa shape index (κ2) is 8.93. The highest BCUT2D eigenvalue weighted by Gasteiger charge is 2.33. The molecule has 0 aromatic heterocycles. The van der Waals surface area contributed by atoms with E-state index >= 15 is 0 Å². The van der Waals surface area contributed by atoms with Crippen molar-refractivity contribution in [3.05, 3.63) is 59.7 Å². The van der Waals surface area contributed by atoms with Crippen molar-refractivity contribution in [3.8, 4) is 5.75 Å². The first kappa shape index (κ1) is 20.1. The van der Waals surface area contributed by atoms with Gasteiger partial charge in [0.05, 0.1) is 18.4 Å². The number of urea groups is 1. The molecule has 3 N–H and O–H groups in total. The van der Waals surface area contributed by atoms with Crippen LogP contribution in [0, 0.1) is 0 Å². The molecule has 0 aliphatic heterocycles. The summed E-state index contributed by atoms with van der Waals surface area (Å²) in [6, 6.07) is 10.3. The van der Waals surface area contributed by atoms with Gasteiger partial charge in [-0.05, 0) is 36.4 Å². The summed E-state index contributed by atoms with van der Waals surface area (Å²) < 4.78 is 43.6. The average molecular weight is 381 g/mol. The Labute approximate surface area is 153 Å². The second-order valence-electron chi connectivity index (χ2n) is 5.41. The standard InChI is InChI=1S/C18H18F3N3O3/c1-27-13-8-6-12(7-9-13)16(25)22-10-11-23-17(26)24-15-5-3-2-4-14(15)18(19,20)21/h2-9H,10-11H2,1H3,(H,22,25)(H2,23,24,26). The topological polar surface area (TPSA) is 79.5 Å². The number of para-hydroxylation sites is 1. The fraction of sp³-hybridized carbons (Fsp3) is 0.222. The van der Waals surface area contributed by atoms with Gasteiger partial charge in [0.2, 0.25) is 0 Å². The van der Waals surface area contributed by atoms with Gasteiger partial charge in [0.1, 0.15) is 5.75 Å². The molecule has 6 nitrogen and oxygen atoms in total. The molecule has 0 aliphatic carbocycles.